The highest BCUT2D eigenvalue weighted by Crippen LogP contribution is 2.48. The summed E-state index contributed by atoms with van der Waals surface area (Å²) in [5.41, 5.74) is 5.69. The molecule has 34 heavy (non-hydrogen) atoms. The molecule has 3 nitrogen and oxygen atoms in total. The molecule has 6 heteroatoms. The second kappa shape index (κ2) is 9.98. The van der Waals surface area contributed by atoms with E-state index in [0.717, 1.165) is 38.7 Å². The minimum atomic E-state index is -0.0479. The molecule has 0 fully saturated rings. The van der Waals surface area contributed by atoms with Crippen molar-refractivity contribution in [1.29, 1.82) is 0 Å². The number of para-hydroxylation sites is 1. The van der Waals surface area contributed by atoms with Gasteiger partial charge in [0.1, 0.15) is 5.75 Å². The van der Waals surface area contributed by atoms with Crippen LogP contribution in [0.5, 0.6) is 5.75 Å². The number of hydrogen-bond acceptors (Lipinski definition) is 4. The molecule has 1 heterocycles. The van der Waals surface area contributed by atoms with Crippen molar-refractivity contribution >= 4 is 52.1 Å². The van der Waals surface area contributed by atoms with E-state index < -0.39 is 0 Å². The largest absolute Gasteiger partial charge is 0.508 e. The van der Waals surface area contributed by atoms with Crippen molar-refractivity contribution in [2.45, 2.75) is 10.1 Å². The van der Waals surface area contributed by atoms with Crippen LogP contribution in [0.25, 0.3) is 0 Å². The van der Waals surface area contributed by atoms with Gasteiger partial charge in [0.2, 0.25) is 0 Å². The molecule has 0 saturated heterocycles. The molecular formula is C28H20Cl2N2OS. The van der Waals surface area contributed by atoms with Gasteiger partial charge < -0.3 is 10.4 Å². The summed E-state index contributed by atoms with van der Waals surface area (Å²) in [5.74, 6) is 0.215. The highest BCUT2D eigenvalue weighted by molar-refractivity contribution is 8.00. The van der Waals surface area contributed by atoms with Gasteiger partial charge in [0.25, 0.3) is 0 Å². The summed E-state index contributed by atoms with van der Waals surface area (Å²) < 4.78 is 0. The van der Waals surface area contributed by atoms with E-state index in [-0.39, 0.29) is 11.0 Å². The van der Waals surface area contributed by atoms with Crippen LogP contribution in [0.15, 0.2) is 119 Å². The summed E-state index contributed by atoms with van der Waals surface area (Å²) in [5, 5.41) is 14.6. The number of phenols is 1. The Bertz CT molecular complexity index is 1370. The second-order valence-corrected chi connectivity index (χ2v) is 9.80. The summed E-state index contributed by atoms with van der Waals surface area (Å²) in [6, 6.07) is 30.8. The van der Waals surface area contributed by atoms with Gasteiger partial charge >= 0.3 is 0 Å². The number of hydrogen-bond donors (Lipinski definition) is 2. The number of aliphatic imine (C=N–C) groups is 1. The fourth-order valence-electron chi connectivity index (χ4n) is 3.74. The van der Waals surface area contributed by atoms with Gasteiger partial charge in [-0.1, -0.05) is 47.5 Å². The molecule has 0 aromatic heterocycles. The number of anilines is 1. The number of thioether (sulfide) groups is 1. The summed E-state index contributed by atoms with van der Waals surface area (Å²) in [6.07, 6.45) is 2.01. The Hall–Kier alpha value is -3.18. The van der Waals surface area contributed by atoms with Crippen molar-refractivity contribution in [2.24, 2.45) is 4.99 Å². The maximum absolute atomic E-state index is 9.87. The highest BCUT2D eigenvalue weighted by atomic mass is 35.5. The minimum Gasteiger partial charge on any atom is -0.508 e. The summed E-state index contributed by atoms with van der Waals surface area (Å²) in [7, 11) is 0. The molecule has 0 aliphatic carbocycles. The van der Waals surface area contributed by atoms with Gasteiger partial charge in [-0.2, -0.15) is 0 Å². The van der Waals surface area contributed by atoms with Crippen molar-refractivity contribution in [1.82, 2.24) is 0 Å². The van der Waals surface area contributed by atoms with Crippen LogP contribution in [0, 0.1) is 0 Å². The molecule has 1 aliphatic heterocycles. The van der Waals surface area contributed by atoms with E-state index in [1.54, 1.807) is 23.9 Å². The van der Waals surface area contributed by atoms with E-state index in [1.807, 2.05) is 72.9 Å². The van der Waals surface area contributed by atoms with E-state index in [0.29, 0.717) is 10.0 Å². The number of aromatic hydroxyl groups is 1. The fourth-order valence-corrected chi connectivity index (χ4v) is 5.23. The highest BCUT2D eigenvalue weighted by Gasteiger charge is 2.27. The van der Waals surface area contributed by atoms with Crippen LogP contribution in [-0.4, -0.2) is 10.8 Å². The molecular weight excluding hydrogens is 483 g/mol. The van der Waals surface area contributed by atoms with Crippen molar-refractivity contribution in [2.75, 3.05) is 5.32 Å². The molecule has 2 N–H and O–H groups in total. The molecule has 0 amide bonds. The fraction of sp³-hybridized carbons (Fsp3) is 0.0357. The van der Waals surface area contributed by atoms with Gasteiger partial charge in [0.05, 0.1) is 16.6 Å². The van der Waals surface area contributed by atoms with E-state index >= 15 is 0 Å². The monoisotopic (exact) mass is 502 g/mol. The lowest BCUT2D eigenvalue weighted by molar-refractivity contribution is 0.475. The van der Waals surface area contributed by atoms with Gasteiger partial charge in [-0.05, 0) is 78.4 Å². The van der Waals surface area contributed by atoms with Crippen LogP contribution in [0.2, 0.25) is 10.0 Å². The number of rotatable bonds is 4. The number of nitrogens with one attached hydrogen (secondary N) is 1. The molecule has 5 rings (SSSR count). The van der Waals surface area contributed by atoms with Crippen LogP contribution < -0.4 is 5.32 Å². The smallest absolute Gasteiger partial charge is 0.115 e. The molecule has 0 bridgehead atoms. The molecule has 1 aliphatic rings. The van der Waals surface area contributed by atoms with Crippen LogP contribution in [0.1, 0.15) is 16.4 Å². The SMILES string of the molecule is Oc1ccc(C2=Nc3ccccc3SC(c3ccc(Cl)cc3)/C2=C/Nc2ccc(Cl)cc2)cc1. The normalized spacial score (nSPS) is 16.5. The lowest BCUT2D eigenvalue weighted by Crippen LogP contribution is -2.12. The molecule has 0 spiro atoms. The lowest BCUT2D eigenvalue weighted by Gasteiger charge is -2.21. The third-order valence-corrected chi connectivity index (χ3v) is 7.32. The van der Waals surface area contributed by atoms with Crippen molar-refractivity contribution < 1.29 is 5.11 Å². The molecule has 1 unspecified atom stereocenters. The van der Waals surface area contributed by atoms with Crippen molar-refractivity contribution in [3.8, 4) is 5.75 Å². The average molecular weight is 503 g/mol. The molecule has 4 aromatic carbocycles. The van der Waals surface area contributed by atoms with Crippen LogP contribution in [0.3, 0.4) is 0 Å². The maximum Gasteiger partial charge on any atom is 0.115 e. The molecule has 168 valence electrons. The molecule has 1 atom stereocenters. The Balaban J connectivity index is 1.68. The number of phenolic OH excluding ortho intramolecular Hbond substituents is 1. The van der Waals surface area contributed by atoms with Gasteiger partial charge in [-0.25, -0.2) is 4.99 Å². The standard InChI is InChI=1S/C28H20Cl2N2OS/c29-20-9-5-19(6-10-20)28-24(17-31-22-13-11-21(30)12-14-22)27(18-7-15-23(33)16-8-18)32-25-3-1-2-4-26(25)34-28/h1-17,28,31,33H/b24-17+. The Labute approximate surface area is 212 Å². The predicted molar refractivity (Wildman–Crippen MR) is 144 cm³/mol. The Morgan fingerprint density at radius 2 is 1.44 bits per heavy atom. The Morgan fingerprint density at radius 3 is 2.15 bits per heavy atom. The van der Waals surface area contributed by atoms with Gasteiger partial charge in [0.15, 0.2) is 0 Å². The first kappa shape index (κ1) is 22.6. The Kier molecular flexibility index (Phi) is 6.63. The number of halogens is 2. The van der Waals surface area contributed by atoms with Crippen LogP contribution in [0.4, 0.5) is 11.4 Å². The van der Waals surface area contributed by atoms with Gasteiger partial charge in [-0.3, -0.25) is 0 Å². The quantitative estimate of drug-likeness (QED) is 0.293. The zero-order valence-corrected chi connectivity index (χ0v) is 20.3. The van der Waals surface area contributed by atoms with E-state index in [2.05, 4.69) is 23.5 Å². The van der Waals surface area contributed by atoms with Crippen molar-refractivity contribution in [3.05, 3.63) is 130 Å². The summed E-state index contributed by atoms with van der Waals surface area (Å²) >= 11 is 14.0. The second-order valence-electron chi connectivity index (χ2n) is 7.78. The third kappa shape index (κ3) is 5.00. The zero-order chi connectivity index (χ0) is 23.5. The van der Waals surface area contributed by atoms with Gasteiger partial charge in [0, 0.05) is 38.0 Å². The minimum absolute atomic E-state index is 0.0479. The average Bonchev–Trinajstić information content (AvgIpc) is 3.02. The van der Waals surface area contributed by atoms with E-state index in [1.165, 1.54) is 0 Å². The summed E-state index contributed by atoms with van der Waals surface area (Å²) in [4.78, 5) is 6.19. The number of benzene rings is 4. The third-order valence-electron chi connectivity index (χ3n) is 5.45. The summed E-state index contributed by atoms with van der Waals surface area (Å²) in [6.45, 7) is 0. The van der Waals surface area contributed by atoms with Crippen LogP contribution >= 0.6 is 35.0 Å². The molecule has 4 aromatic rings. The maximum atomic E-state index is 9.87. The first-order chi connectivity index (χ1) is 16.6. The topological polar surface area (TPSA) is 44.6 Å². The zero-order valence-electron chi connectivity index (χ0n) is 18.0. The number of fused-ring (bicyclic) bond motifs is 1. The first-order valence-corrected chi connectivity index (χ1v) is 12.3. The molecule has 0 radical (unpaired) electrons. The van der Waals surface area contributed by atoms with Crippen LogP contribution in [-0.2, 0) is 0 Å². The molecule has 0 saturated carbocycles. The van der Waals surface area contributed by atoms with Crippen molar-refractivity contribution in [3.63, 3.8) is 0 Å². The van der Waals surface area contributed by atoms with E-state index in [4.69, 9.17) is 28.2 Å². The Morgan fingerprint density at radius 1 is 0.794 bits per heavy atom. The number of nitrogens with zero attached hydrogens (tertiary/aromatic N) is 1. The predicted octanol–water partition coefficient (Wildman–Crippen LogP) is 8.66. The van der Waals surface area contributed by atoms with E-state index in [9.17, 15) is 5.11 Å². The lowest BCUT2D eigenvalue weighted by atomic mass is 9.96. The van der Waals surface area contributed by atoms with Gasteiger partial charge in [-0.15, -0.1) is 11.8 Å². The first-order valence-electron chi connectivity index (χ1n) is 10.7.